The molecule has 1 saturated carbocycles. The normalized spacial score (nSPS) is 16.6. The summed E-state index contributed by atoms with van der Waals surface area (Å²) in [6, 6.07) is 2.22. The lowest BCUT2D eigenvalue weighted by Gasteiger charge is -2.14. The van der Waals surface area contributed by atoms with E-state index in [9.17, 15) is 9.59 Å². The Morgan fingerprint density at radius 1 is 1.31 bits per heavy atom. The van der Waals surface area contributed by atoms with Gasteiger partial charge in [-0.1, -0.05) is 24.6 Å². The third kappa shape index (κ3) is 3.40. The Hall–Kier alpha value is -2.13. The van der Waals surface area contributed by atoms with Crippen LogP contribution in [0.2, 0.25) is 0 Å². The van der Waals surface area contributed by atoms with Crippen molar-refractivity contribution < 1.29 is 4.79 Å². The Bertz CT molecular complexity index is 1140. The predicted molar refractivity (Wildman–Crippen MR) is 116 cm³/mol. The van der Waals surface area contributed by atoms with Gasteiger partial charge in [0.1, 0.15) is 10.6 Å². The number of aromatic nitrogens is 4. The van der Waals surface area contributed by atoms with Gasteiger partial charge < -0.3 is 5.32 Å². The summed E-state index contributed by atoms with van der Waals surface area (Å²) in [5.41, 5.74) is 1.18. The minimum absolute atomic E-state index is 0.00313. The van der Waals surface area contributed by atoms with Gasteiger partial charge in [-0.3, -0.25) is 14.2 Å². The second-order valence-electron chi connectivity index (χ2n) is 7.73. The van der Waals surface area contributed by atoms with E-state index in [0.29, 0.717) is 11.2 Å². The van der Waals surface area contributed by atoms with Crippen molar-refractivity contribution >= 4 is 45.0 Å². The molecule has 7 nitrogen and oxygen atoms in total. The Balaban J connectivity index is 1.31. The number of hydrogen-bond donors (Lipinski definition) is 1. The van der Waals surface area contributed by atoms with E-state index in [-0.39, 0.29) is 17.2 Å². The summed E-state index contributed by atoms with van der Waals surface area (Å²) in [6.07, 6.45) is 9.50. The van der Waals surface area contributed by atoms with Gasteiger partial charge in [0.15, 0.2) is 5.16 Å². The van der Waals surface area contributed by atoms with Gasteiger partial charge in [0.05, 0.1) is 23.4 Å². The van der Waals surface area contributed by atoms with Crippen molar-refractivity contribution in [1.29, 1.82) is 0 Å². The highest BCUT2D eigenvalue weighted by Crippen LogP contribution is 2.35. The molecule has 0 unspecified atom stereocenters. The van der Waals surface area contributed by atoms with E-state index in [2.05, 4.69) is 10.4 Å². The molecule has 0 saturated heterocycles. The van der Waals surface area contributed by atoms with Crippen molar-refractivity contribution in [3.05, 3.63) is 33.1 Å². The first-order chi connectivity index (χ1) is 14.1. The number of fused-ring (bicyclic) bond motifs is 3. The standard InChI is InChI=1S/C20H23N5O2S2/c1-24-19(27)17-13-7-4-8-14(13)29-18(17)23-20(24)28-11-16(26)22-15-9-10-21-25(15)12-5-2-3-6-12/h9-10,12H,2-8,11H2,1H3,(H,22,26). The first-order valence-electron chi connectivity index (χ1n) is 10.1. The van der Waals surface area contributed by atoms with Crippen LogP contribution in [0.5, 0.6) is 0 Å². The highest BCUT2D eigenvalue weighted by Gasteiger charge is 2.23. The average molecular weight is 430 g/mol. The summed E-state index contributed by atoms with van der Waals surface area (Å²) < 4.78 is 3.51. The van der Waals surface area contributed by atoms with Crippen molar-refractivity contribution in [2.24, 2.45) is 7.05 Å². The molecular weight excluding hydrogens is 406 g/mol. The molecule has 152 valence electrons. The maximum atomic E-state index is 12.9. The van der Waals surface area contributed by atoms with Crippen LogP contribution < -0.4 is 10.9 Å². The lowest BCUT2D eigenvalue weighted by molar-refractivity contribution is -0.113. The molecule has 3 aromatic heterocycles. The summed E-state index contributed by atoms with van der Waals surface area (Å²) in [5, 5.41) is 8.72. The van der Waals surface area contributed by atoms with Crippen molar-refractivity contribution in [3.63, 3.8) is 0 Å². The number of anilines is 1. The van der Waals surface area contributed by atoms with Gasteiger partial charge in [0.25, 0.3) is 5.56 Å². The van der Waals surface area contributed by atoms with Gasteiger partial charge in [0.2, 0.25) is 5.91 Å². The largest absolute Gasteiger partial charge is 0.310 e. The van der Waals surface area contributed by atoms with Crippen molar-refractivity contribution in [1.82, 2.24) is 19.3 Å². The van der Waals surface area contributed by atoms with Crippen LogP contribution in [0.1, 0.15) is 48.6 Å². The maximum Gasteiger partial charge on any atom is 0.262 e. The van der Waals surface area contributed by atoms with Gasteiger partial charge >= 0.3 is 0 Å². The van der Waals surface area contributed by atoms with Crippen LogP contribution in [-0.2, 0) is 24.7 Å². The molecule has 0 atom stereocenters. The molecule has 0 radical (unpaired) electrons. The number of hydrogen-bond acceptors (Lipinski definition) is 6. The molecule has 3 aromatic rings. The fourth-order valence-corrected chi connectivity index (χ4v) is 6.47. The lowest BCUT2D eigenvalue weighted by Crippen LogP contribution is -2.22. The van der Waals surface area contributed by atoms with Crippen LogP contribution in [-0.4, -0.2) is 31.0 Å². The van der Waals surface area contributed by atoms with Crippen LogP contribution in [0, 0.1) is 0 Å². The number of carbonyl (C=O) groups excluding carboxylic acids is 1. The minimum atomic E-state index is -0.113. The van der Waals surface area contributed by atoms with Crippen molar-refractivity contribution in [2.75, 3.05) is 11.1 Å². The van der Waals surface area contributed by atoms with Crippen LogP contribution in [0.25, 0.3) is 10.2 Å². The highest BCUT2D eigenvalue weighted by atomic mass is 32.2. The third-order valence-electron chi connectivity index (χ3n) is 5.85. The number of aryl methyl sites for hydroxylation is 2. The molecule has 1 N–H and O–H groups in total. The molecule has 0 aromatic carbocycles. The van der Waals surface area contributed by atoms with Crippen LogP contribution in [0.3, 0.4) is 0 Å². The van der Waals surface area contributed by atoms with Crippen LogP contribution in [0.15, 0.2) is 22.2 Å². The molecule has 2 aliphatic rings. The van der Waals surface area contributed by atoms with Crippen LogP contribution in [0.4, 0.5) is 5.82 Å². The van der Waals surface area contributed by atoms with E-state index in [4.69, 9.17) is 4.98 Å². The fourth-order valence-electron chi connectivity index (χ4n) is 4.40. The van der Waals surface area contributed by atoms with Crippen molar-refractivity contribution in [2.45, 2.75) is 56.1 Å². The van der Waals surface area contributed by atoms with Crippen LogP contribution >= 0.6 is 23.1 Å². The van der Waals surface area contributed by atoms with E-state index in [1.165, 1.54) is 35.0 Å². The number of nitrogens with zero attached hydrogens (tertiary/aromatic N) is 4. The summed E-state index contributed by atoms with van der Waals surface area (Å²) in [4.78, 5) is 32.2. The zero-order valence-corrected chi connectivity index (χ0v) is 17.9. The minimum Gasteiger partial charge on any atom is -0.310 e. The molecule has 5 rings (SSSR count). The second kappa shape index (κ2) is 7.60. The fraction of sp³-hybridized carbons (Fsp3) is 0.500. The number of carbonyl (C=O) groups is 1. The molecule has 0 aliphatic heterocycles. The zero-order valence-electron chi connectivity index (χ0n) is 16.3. The molecule has 0 spiro atoms. The SMILES string of the molecule is Cn1c(SCC(=O)Nc2ccnn2C2CCCC2)nc2sc3c(c2c1=O)CCC3. The Kier molecular flexibility index (Phi) is 4.95. The summed E-state index contributed by atoms with van der Waals surface area (Å²) >= 11 is 2.93. The monoisotopic (exact) mass is 429 g/mol. The molecule has 9 heteroatoms. The first-order valence-corrected chi connectivity index (χ1v) is 11.9. The average Bonchev–Trinajstić information content (AvgIpc) is 3.47. The van der Waals surface area contributed by atoms with E-state index < -0.39 is 0 Å². The van der Waals surface area contributed by atoms with Gasteiger partial charge in [-0.15, -0.1) is 11.3 Å². The summed E-state index contributed by atoms with van der Waals surface area (Å²) in [6.45, 7) is 0. The summed E-state index contributed by atoms with van der Waals surface area (Å²) in [7, 11) is 1.74. The predicted octanol–water partition coefficient (Wildman–Crippen LogP) is 3.53. The van der Waals surface area contributed by atoms with Crippen molar-refractivity contribution in [3.8, 4) is 0 Å². The van der Waals surface area contributed by atoms with Gasteiger partial charge in [-0.2, -0.15) is 5.10 Å². The quantitative estimate of drug-likeness (QED) is 0.496. The third-order valence-corrected chi connectivity index (χ3v) is 8.06. The molecule has 0 bridgehead atoms. The molecule has 3 heterocycles. The van der Waals surface area contributed by atoms with Gasteiger partial charge in [-0.05, 0) is 37.7 Å². The maximum absolute atomic E-state index is 12.9. The van der Waals surface area contributed by atoms with E-state index in [0.717, 1.165) is 48.1 Å². The Morgan fingerprint density at radius 3 is 2.97 bits per heavy atom. The number of thioether (sulfide) groups is 1. The number of thiophene rings is 1. The topological polar surface area (TPSA) is 81.8 Å². The summed E-state index contributed by atoms with van der Waals surface area (Å²) in [5.74, 6) is 0.833. The van der Waals surface area contributed by atoms with E-state index in [1.807, 2.05) is 10.7 Å². The molecule has 29 heavy (non-hydrogen) atoms. The number of nitrogens with one attached hydrogen (secondary N) is 1. The smallest absolute Gasteiger partial charge is 0.262 e. The van der Waals surface area contributed by atoms with E-state index >= 15 is 0 Å². The highest BCUT2D eigenvalue weighted by molar-refractivity contribution is 7.99. The Labute approximate surface area is 176 Å². The molecule has 1 amide bonds. The lowest BCUT2D eigenvalue weighted by atomic mass is 10.2. The van der Waals surface area contributed by atoms with E-state index in [1.54, 1.807) is 29.1 Å². The molecular formula is C20H23N5O2S2. The zero-order chi connectivity index (χ0) is 20.0. The molecule has 2 aliphatic carbocycles. The second-order valence-corrected chi connectivity index (χ2v) is 9.76. The number of amides is 1. The Morgan fingerprint density at radius 2 is 2.14 bits per heavy atom. The molecule has 1 fully saturated rings. The first kappa shape index (κ1) is 18.9. The van der Waals surface area contributed by atoms with Gasteiger partial charge in [0, 0.05) is 18.0 Å². The number of rotatable bonds is 5. The van der Waals surface area contributed by atoms with Gasteiger partial charge in [-0.25, -0.2) is 9.67 Å².